The quantitative estimate of drug-likeness (QED) is 0.536. The molecule has 0 aromatic heterocycles. The highest BCUT2D eigenvalue weighted by molar-refractivity contribution is 5.97. The van der Waals surface area contributed by atoms with Crippen molar-refractivity contribution in [3.63, 3.8) is 0 Å². The van der Waals surface area contributed by atoms with Gasteiger partial charge in [-0.05, 0) is 6.92 Å². The molecule has 0 aromatic carbocycles. The fraction of sp³-hybridized carbons (Fsp3) is 0.667. The van der Waals surface area contributed by atoms with Gasteiger partial charge in [0.05, 0.1) is 6.42 Å². The molecule has 0 aliphatic carbocycles. The molecule has 0 aliphatic rings. The number of nitrogens with two attached hydrogens (primary N) is 1. The summed E-state index contributed by atoms with van der Waals surface area (Å²) in [5, 5.41) is 6.72. The summed E-state index contributed by atoms with van der Waals surface area (Å²) in [6.07, 6.45) is 0.0833. The molecule has 0 fully saturated rings. The number of amides is 1. The summed E-state index contributed by atoms with van der Waals surface area (Å²) < 4.78 is 0. The third-order valence-corrected chi connectivity index (χ3v) is 0.439. The maximum absolute atomic E-state index is 9.89. The van der Waals surface area contributed by atoms with E-state index in [0.717, 1.165) is 0 Å². The van der Waals surface area contributed by atoms with Gasteiger partial charge in [-0.15, -0.1) is 0 Å². The predicted octanol–water partition coefficient (Wildman–Crippen LogP) is 0.928. The predicted molar refractivity (Wildman–Crippen MR) is 38.6 cm³/mol. The highest BCUT2D eigenvalue weighted by Crippen LogP contribution is 1.76. The molecule has 1 amide bonds. The fourth-order valence-electron chi connectivity index (χ4n) is 0.261. The maximum Gasteiger partial charge on any atom is 0.223 e. The third-order valence-electron chi connectivity index (χ3n) is 0.439. The SMILES string of the molecule is CC.CC(=N)CC(N)=O. The topological polar surface area (TPSA) is 66.9 Å². The van der Waals surface area contributed by atoms with Gasteiger partial charge in [-0.3, -0.25) is 4.79 Å². The molecule has 0 bridgehead atoms. The van der Waals surface area contributed by atoms with Gasteiger partial charge < -0.3 is 11.1 Å². The van der Waals surface area contributed by atoms with Crippen LogP contribution >= 0.6 is 0 Å². The van der Waals surface area contributed by atoms with Crippen LogP contribution in [-0.2, 0) is 4.79 Å². The summed E-state index contributed by atoms with van der Waals surface area (Å²) in [4.78, 5) is 9.89. The van der Waals surface area contributed by atoms with Crippen LogP contribution in [0.2, 0.25) is 0 Å². The first-order chi connectivity index (χ1) is 4.13. The van der Waals surface area contributed by atoms with E-state index < -0.39 is 5.91 Å². The van der Waals surface area contributed by atoms with Crippen molar-refractivity contribution >= 4 is 11.6 Å². The van der Waals surface area contributed by atoms with E-state index in [-0.39, 0.29) is 6.42 Å². The monoisotopic (exact) mass is 130 g/mol. The molecule has 3 heteroatoms. The zero-order valence-corrected chi connectivity index (χ0v) is 6.19. The third kappa shape index (κ3) is 19.1. The summed E-state index contributed by atoms with van der Waals surface area (Å²) in [6, 6.07) is 0. The second-order valence-corrected chi connectivity index (χ2v) is 1.42. The molecular weight excluding hydrogens is 116 g/mol. The van der Waals surface area contributed by atoms with Gasteiger partial charge in [0.2, 0.25) is 5.91 Å². The average Bonchev–Trinajstić information content (AvgIpc) is 1.68. The molecule has 9 heavy (non-hydrogen) atoms. The number of nitrogens with one attached hydrogen (secondary N) is 1. The van der Waals surface area contributed by atoms with Gasteiger partial charge in [0, 0.05) is 5.71 Å². The van der Waals surface area contributed by atoms with Crippen LogP contribution in [0, 0.1) is 5.41 Å². The molecule has 0 aromatic rings. The van der Waals surface area contributed by atoms with E-state index in [1.807, 2.05) is 13.8 Å². The van der Waals surface area contributed by atoms with E-state index in [1.54, 1.807) is 6.92 Å². The van der Waals surface area contributed by atoms with Crippen molar-refractivity contribution in [2.24, 2.45) is 5.73 Å². The van der Waals surface area contributed by atoms with Gasteiger partial charge in [-0.25, -0.2) is 0 Å². The molecule has 0 radical (unpaired) electrons. The molecular formula is C6H14N2O. The van der Waals surface area contributed by atoms with Crippen molar-refractivity contribution in [3.8, 4) is 0 Å². The standard InChI is InChI=1S/C4H8N2O.C2H6/c1-3(5)2-4(6)7;1-2/h5H,2H2,1H3,(H2,6,7);1-2H3. The van der Waals surface area contributed by atoms with E-state index in [1.165, 1.54) is 0 Å². The van der Waals surface area contributed by atoms with Crippen molar-refractivity contribution in [3.05, 3.63) is 0 Å². The van der Waals surface area contributed by atoms with E-state index in [0.29, 0.717) is 5.71 Å². The molecule has 3 N–H and O–H groups in total. The Morgan fingerprint density at radius 3 is 1.89 bits per heavy atom. The Morgan fingerprint density at radius 2 is 1.89 bits per heavy atom. The van der Waals surface area contributed by atoms with Gasteiger partial charge in [0.1, 0.15) is 0 Å². The van der Waals surface area contributed by atoms with Crippen LogP contribution in [0.4, 0.5) is 0 Å². The number of hydrogen-bond acceptors (Lipinski definition) is 2. The van der Waals surface area contributed by atoms with Crippen LogP contribution in [0.5, 0.6) is 0 Å². The normalized spacial score (nSPS) is 7.00. The van der Waals surface area contributed by atoms with Gasteiger partial charge in [-0.1, -0.05) is 13.8 Å². The minimum Gasteiger partial charge on any atom is -0.369 e. The van der Waals surface area contributed by atoms with E-state index in [4.69, 9.17) is 11.1 Å². The van der Waals surface area contributed by atoms with Crippen molar-refractivity contribution in [1.29, 1.82) is 5.41 Å². The highest BCUT2D eigenvalue weighted by atomic mass is 16.1. The first kappa shape index (κ1) is 11.0. The highest BCUT2D eigenvalue weighted by Gasteiger charge is 1.91. The second-order valence-electron chi connectivity index (χ2n) is 1.42. The Bertz CT molecular complexity index is 87.2. The summed E-state index contributed by atoms with van der Waals surface area (Å²) in [6.45, 7) is 5.55. The Hall–Kier alpha value is -0.860. The molecule has 0 saturated carbocycles. The lowest BCUT2D eigenvalue weighted by Crippen LogP contribution is -2.13. The molecule has 54 valence electrons. The van der Waals surface area contributed by atoms with Gasteiger partial charge in [0.25, 0.3) is 0 Å². The van der Waals surface area contributed by atoms with Crippen LogP contribution < -0.4 is 5.73 Å². The second kappa shape index (κ2) is 7.14. The molecule has 0 aliphatic heterocycles. The van der Waals surface area contributed by atoms with Gasteiger partial charge in [0.15, 0.2) is 0 Å². The number of hydrogen-bond donors (Lipinski definition) is 2. The van der Waals surface area contributed by atoms with Crippen molar-refractivity contribution in [1.82, 2.24) is 0 Å². The molecule has 0 spiro atoms. The van der Waals surface area contributed by atoms with Crippen LogP contribution in [0.15, 0.2) is 0 Å². The largest absolute Gasteiger partial charge is 0.369 e. The molecule has 0 unspecified atom stereocenters. The minimum absolute atomic E-state index is 0.0833. The Labute approximate surface area is 55.8 Å². The van der Waals surface area contributed by atoms with Crippen molar-refractivity contribution in [2.75, 3.05) is 0 Å². The van der Waals surface area contributed by atoms with Gasteiger partial charge >= 0.3 is 0 Å². The van der Waals surface area contributed by atoms with E-state index in [2.05, 4.69) is 0 Å². The number of rotatable bonds is 2. The van der Waals surface area contributed by atoms with Crippen LogP contribution in [0.25, 0.3) is 0 Å². The Morgan fingerprint density at radius 1 is 1.56 bits per heavy atom. The number of carbonyl (C=O) groups excluding carboxylic acids is 1. The Kier molecular flexibility index (Phi) is 8.73. The van der Waals surface area contributed by atoms with Crippen LogP contribution in [0.1, 0.15) is 27.2 Å². The maximum atomic E-state index is 9.89. The van der Waals surface area contributed by atoms with Crippen LogP contribution in [0.3, 0.4) is 0 Å². The van der Waals surface area contributed by atoms with E-state index in [9.17, 15) is 4.79 Å². The zero-order valence-electron chi connectivity index (χ0n) is 6.19. The molecule has 0 saturated heterocycles. The first-order valence-electron chi connectivity index (χ1n) is 2.95. The smallest absolute Gasteiger partial charge is 0.223 e. The molecule has 0 heterocycles. The summed E-state index contributed by atoms with van der Waals surface area (Å²) in [5.41, 5.74) is 5.03. The van der Waals surface area contributed by atoms with Gasteiger partial charge in [-0.2, -0.15) is 0 Å². The number of carbonyl (C=O) groups is 1. The van der Waals surface area contributed by atoms with E-state index >= 15 is 0 Å². The molecule has 3 nitrogen and oxygen atoms in total. The fourth-order valence-corrected chi connectivity index (χ4v) is 0.261. The lowest BCUT2D eigenvalue weighted by atomic mass is 10.3. The first-order valence-corrected chi connectivity index (χ1v) is 2.95. The average molecular weight is 130 g/mol. The van der Waals surface area contributed by atoms with Crippen molar-refractivity contribution in [2.45, 2.75) is 27.2 Å². The number of primary amides is 1. The molecule has 0 atom stereocenters. The minimum atomic E-state index is -0.437. The van der Waals surface area contributed by atoms with Crippen molar-refractivity contribution < 1.29 is 4.79 Å². The summed E-state index contributed by atoms with van der Waals surface area (Å²) in [7, 11) is 0. The lowest BCUT2D eigenvalue weighted by Gasteiger charge is -1.85. The van der Waals surface area contributed by atoms with Crippen LogP contribution in [-0.4, -0.2) is 11.6 Å². The summed E-state index contributed by atoms with van der Waals surface area (Å²) >= 11 is 0. The molecule has 0 rings (SSSR count). The zero-order chi connectivity index (χ0) is 7.86. The lowest BCUT2D eigenvalue weighted by molar-refractivity contribution is -0.116. The Balaban J connectivity index is 0. The summed E-state index contributed by atoms with van der Waals surface area (Å²) in [5.74, 6) is -0.437.